The zero-order valence-electron chi connectivity index (χ0n) is 11.8. The number of hydrogen-bond acceptors (Lipinski definition) is 3. The summed E-state index contributed by atoms with van der Waals surface area (Å²) in [4.78, 5) is 25.4. The second-order valence-electron chi connectivity index (χ2n) is 5.25. The van der Waals surface area contributed by atoms with E-state index in [1.54, 1.807) is 0 Å². The fourth-order valence-corrected chi connectivity index (χ4v) is 2.59. The average Bonchev–Trinajstić information content (AvgIpc) is 2.41. The van der Waals surface area contributed by atoms with Crippen LogP contribution in [0.3, 0.4) is 0 Å². The van der Waals surface area contributed by atoms with Crippen molar-refractivity contribution in [3.05, 3.63) is 29.8 Å². The third kappa shape index (κ3) is 3.57. The summed E-state index contributed by atoms with van der Waals surface area (Å²) in [7, 11) is 0. The Bertz CT molecular complexity index is 502. The van der Waals surface area contributed by atoms with Crippen molar-refractivity contribution in [2.75, 3.05) is 18.4 Å². The van der Waals surface area contributed by atoms with Crippen LogP contribution in [0.5, 0.6) is 0 Å². The molecule has 0 spiro atoms. The number of carbonyl (C=O) groups excluding carboxylic acids is 2. The zero-order chi connectivity index (χ0) is 14.5. The molecule has 20 heavy (non-hydrogen) atoms. The molecule has 3 N–H and O–H groups in total. The van der Waals surface area contributed by atoms with E-state index in [1.165, 1.54) is 0 Å². The summed E-state index contributed by atoms with van der Waals surface area (Å²) in [6.07, 6.45) is 2.73. The molecular weight excluding hydrogens is 254 g/mol. The van der Waals surface area contributed by atoms with Crippen molar-refractivity contribution in [3.63, 3.8) is 0 Å². The maximum absolute atomic E-state index is 12.1. The van der Waals surface area contributed by atoms with Crippen molar-refractivity contribution < 1.29 is 9.59 Å². The average molecular weight is 275 g/mol. The van der Waals surface area contributed by atoms with E-state index in [9.17, 15) is 9.59 Å². The number of nitrogens with zero attached hydrogens (tertiary/aromatic N) is 1. The van der Waals surface area contributed by atoms with Crippen LogP contribution in [0.4, 0.5) is 5.69 Å². The molecule has 5 nitrogen and oxygen atoms in total. The van der Waals surface area contributed by atoms with E-state index in [4.69, 9.17) is 5.73 Å². The highest BCUT2D eigenvalue weighted by molar-refractivity contribution is 5.93. The first-order valence-electron chi connectivity index (χ1n) is 6.97. The van der Waals surface area contributed by atoms with Crippen molar-refractivity contribution in [3.8, 4) is 0 Å². The maximum Gasteiger partial charge on any atom is 0.238 e. The van der Waals surface area contributed by atoms with Crippen LogP contribution in [0.15, 0.2) is 24.3 Å². The van der Waals surface area contributed by atoms with Gasteiger partial charge in [-0.25, -0.2) is 0 Å². The minimum absolute atomic E-state index is 0.104. The lowest BCUT2D eigenvalue weighted by molar-refractivity contribution is -0.126. The minimum Gasteiger partial charge on any atom is -0.368 e. The first kappa shape index (κ1) is 14.5. The highest BCUT2D eigenvalue weighted by atomic mass is 16.2. The monoisotopic (exact) mass is 275 g/mol. The van der Waals surface area contributed by atoms with Gasteiger partial charge in [-0.15, -0.1) is 0 Å². The van der Waals surface area contributed by atoms with Gasteiger partial charge in [0.25, 0.3) is 0 Å². The molecule has 1 fully saturated rings. The number of carbonyl (C=O) groups is 2. The van der Waals surface area contributed by atoms with Gasteiger partial charge in [0.15, 0.2) is 0 Å². The molecule has 108 valence electrons. The van der Waals surface area contributed by atoms with Gasteiger partial charge in [0.1, 0.15) is 0 Å². The largest absolute Gasteiger partial charge is 0.368 e. The van der Waals surface area contributed by atoms with Gasteiger partial charge in [-0.1, -0.05) is 24.6 Å². The smallest absolute Gasteiger partial charge is 0.238 e. The molecule has 0 aromatic heterocycles. The van der Waals surface area contributed by atoms with Crippen LogP contribution in [0.25, 0.3) is 0 Å². The number of anilines is 1. The number of primary amides is 1. The van der Waals surface area contributed by atoms with Crippen LogP contribution >= 0.6 is 0 Å². The minimum atomic E-state index is -0.339. The van der Waals surface area contributed by atoms with E-state index >= 15 is 0 Å². The van der Waals surface area contributed by atoms with Crippen LogP contribution in [0.1, 0.15) is 24.8 Å². The molecule has 1 saturated heterocycles. The van der Waals surface area contributed by atoms with Crippen molar-refractivity contribution in [1.82, 2.24) is 4.90 Å². The van der Waals surface area contributed by atoms with Crippen LogP contribution < -0.4 is 11.1 Å². The summed E-state index contributed by atoms with van der Waals surface area (Å²) in [5, 5.41) is 2.88. The summed E-state index contributed by atoms with van der Waals surface area (Å²) < 4.78 is 0. The highest BCUT2D eigenvalue weighted by Crippen LogP contribution is 2.17. The first-order valence-corrected chi connectivity index (χ1v) is 6.97. The number of amides is 2. The molecule has 1 aliphatic heterocycles. The van der Waals surface area contributed by atoms with Crippen molar-refractivity contribution in [1.29, 1.82) is 0 Å². The third-order valence-electron chi connectivity index (χ3n) is 3.71. The predicted molar refractivity (Wildman–Crippen MR) is 78.2 cm³/mol. The fourth-order valence-electron chi connectivity index (χ4n) is 2.59. The second kappa shape index (κ2) is 6.52. The predicted octanol–water partition coefficient (Wildman–Crippen LogP) is 1.27. The highest BCUT2D eigenvalue weighted by Gasteiger charge is 2.28. The van der Waals surface area contributed by atoms with E-state index in [0.717, 1.165) is 37.1 Å². The number of nitrogens with two attached hydrogens (primary N) is 1. The van der Waals surface area contributed by atoms with E-state index in [-0.39, 0.29) is 24.4 Å². The van der Waals surface area contributed by atoms with Crippen LogP contribution in [-0.4, -0.2) is 35.8 Å². The Labute approximate surface area is 119 Å². The second-order valence-corrected chi connectivity index (χ2v) is 5.25. The van der Waals surface area contributed by atoms with Crippen molar-refractivity contribution in [2.45, 2.75) is 32.2 Å². The Kier molecular flexibility index (Phi) is 4.74. The van der Waals surface area contributed by atoms with Gasteiger partial charge in [-0.05, 0) is 37.9 Å². The molecule has 2 amide bonds. The lowest BCUT2D eigenvalue weighted by atomic mass is 10.0. The van der Waals surface area contributed by atoms with E-state index in [1.807, 2.05) is 36.1 Å². The Morgan fingerprint density at radius 2 is 2.10 bits per heavy atom. The van der Waals surface area contributed by atoms with Gasteiger partial charge in [0.2, 0.25) is 11.8 Å². The number of para-hydroxylation sites is 1. The van der Waals surface area contributed by atoms with Crippen LogP contribution in [0, 0.1) is 6.92 Å². The number of aryl methyl sites for hydroxylation is 1. The SMILES string of the molecule is Cc1ccccc1NC(=O)CN1CCCCC1C(N)=O. The summed E-state index contributed by atoms with van der Waals surface area (Å²) >= 11 is 0. The van der Waals surface area contributed by atoms with Gasteiger partial charge >= 0.3 is 0 Å². The lowest BCUT2D eigenvalue weighted by Crippen LogP contribution is -2.50. The number of hydrogen-bond donors (Lipinski definition) is 2. The first-order chi connectivity index (χ1) is 9.58. The topological polar surface area (TPSA) is 75.4 Å². The number of nitrogens with one attached hydrogen (secondary N) is 1. The molecule has 1 atom stereocenters. The Balaban J connectivity index is 1.96. The van der Waals surface area contributed by atoms with Gasteiger partial charge in [0, 0.05) is 5.69 Å². The summed E-state index contributed by atoms with van der Waals surface area (Å²) in [6.45, 7) is 2.90. The maximum atomic E-state index is 12.1. The molecule has 1 aliphatic rings. The Hall–Kier alpha value is -1.88. The number of likely N-dealkylation sites (tertiary alicyclic amines) is 1. The van der Waals surface area contributed by atoms with Crippen LogP contribution in [0.2, 0.25) is 0 Å². The van der Waals surface area contributed by atoms with Crippen LogP contribution in [-0.2, 0) is 9.59 Å². The van der Waals surface area contributed by atoms with Crippen molar-refractivity contribution >= 4 is 17.5 Å². The number of benzene rings is 1. The fraction of sp³-hybridized carbons (Fsp3) is 0.467. The van der Waals surface area contributed by atoms with E-state index in [2.05, 4.69) is 5.32 Å². The molecule has 0 saturated carbocycles. The van der Waals surface area contributed by atoms with Gasteiger partial charge in [-0.2, -0.15) is 0 Å². The molecule has 0 bridgehead atoms. The molecular formula is C15H21N3O2. The van der Waals surface area contributed by atoms with Crippen molar-refractivity contribution in [2.24, 2.45) is 5.73 Å². The third-order valence-corrected chi connectivity index (χ3v) is 3.71. The zero-order valence-corrected chi connectivity index (χ0v) is 11.8. The standard InChI is InChI=1S/C15H21N3O2/c1-11-6-2-3-7-12(11)17-14(19)10-18-9-5-4-8-13(18)15(16)20/h2-3,6-7,13H,4-5,8-10H2,1H3,(H2,16,20)(H,17,19). The van der Waals surface area contributed by atoms with Gasteiger partial charge in [0.05, 0.1) is 12.6 Å². The summed E-state index contributed by atoms with van der Waals surface area (Å²) in [5.41, 5.74) is 7.23. The number of piperidine rings is 1. The van der Waals surface area contributed by atoms with E-state index < -0.39 is 0 Å². The molecule has 5 heteroatoms. The molecule has 1 heterocycles. The molecule has 2 rings (SSSR count). The summed E-state index contributed by atoms with van der Waals surface area (Å²) in [5.74, 6) is -0.444. The summed E-state index contributed by atoms with van der Waals surface area (Å²) in [6, 6.07) is 7.32. The number of rotatable bonds is 4. The lowest BCUT2D eigenvalue weighted by Gasteiger charge is -2.32. The molecule has 1 aromatic carbocycles. The van der Waals surface area contributed by atoms with E-state index in [0.29, 0.717) is 0 Å². The van der Waals surface area contributed by atoms with Gasteiger partial charge in [-0.3, -0.25) is 14.5 Å². The Morgan fingerprint density at radius 3 is 2.80 bits per heavy atom. The van der Waals surface area contributed by atoms with Gasteiger partial charge < -0.3 is 11.1 Å². The Morgan fingerprint density at radius 1 is 1.35 bits per heavy atom. The quantitative estimate of drug-likeness (QED) is 0.869. The molecule has 0 aliphatic carbocycles. The molecule has 1 unspecified atom stereocenters. The molecule has 1 aromatic rings. The molecule has 0 radical (unpaired) electrons. The normalized spacial score (nSPS) is 19.6.